The molecule has 1 saturated heterocycles. The van der Waals surface area contributed by atoms with Gasteiger partial charge in [0.25, 0.3) is 0 Å². The van der Waals surface area contributed by atoms with Gasteiger partial charge in [0.1, 0.15) is 5.01 Å². The first-order chi connectivity index (χ1) is 14.1. The van der Waals surface area contributed by atoms with E-state index in [0.717, 1.165) is 43.6 Å². The zero-order valence-electron chi connectivity index (χ0n) is 17.9. The molecule has 6 nitrogen and oxygen atoms in total. The quantitative estimate of drug-likeness (QED) is 0.537. The predicted molar refractivity (Wildman–Crippen MR) is 120 cm³/mol. The van der Waals surface area contributed by atoms with E-state index in [1.54, 1.807) is 18.4 Å². The normalized spacial score (nSPS) is 20.6. The molecule has 29 heavy (non-hydrogen) atoms. The van der Waals surface area contributed by atoms with Crippen LogP contribution in [0.3, 0.4) is 0 Å². The molecule has 2 heterocycles. The molecule has 7 heteroatoms. The third kappa shape index (κ3) is 6.52. The second-order valence-electron chi connectivity index (χ2n) is 7.57. The molecule has 158 valence electrons. The third-order valence-electron chi connectivity index (χ3n) is 5.03. The zero-order chi connectivity index (χ0) is 20.6. The van der Waals surface area contributed by atoms with Crippen LogP contribution in [0.15, 0.2) is 35.5 Å². The number of morpholine rings is 1. The van der Waals surface area contributed by atoms with Gasteiger partial charge >= 0.3 is 0 Å². The highest BCUT2D eigenvalue weighted by atomic mass is 32.1. The molecule has 1 aliphatic heterocycles. The Labute approximate surface area is 178 Å². The summed E-state index contributed by atoms with van der Waals surface area (Å²) in [7, 11) is 1.80. The van der Waals surface area contributed by atoms with Crippen molar-refractivity contribution in [3.8, 4) is 0 Å². The Kier molecular flexibility index (Phi) is 8.03. The Morgan fingerprint density at radius 3 is 2.52 bits per heavy atom. The minimum atomic E-state index is 0.283. The molecule has 1 aromatic heterocycles. The molecule has 0 amide bonds. The van der Waals surface area contributed by atoms with Crippen LogP contribution in [0, 0.1) is 0 Å². The van der Waals surface area contributed by atoms with Crippen LogP contribution < -0.4 is 10.6 Å². The number of hydrogen-bond donors (Lipinski definition) is 2. The van der Waals surface area contributed by atoms with Crippen LogP contribution in [-0.4, -0.2) is 48.2 Å². The molecule has 0 spiro atoms. The highest BCUT2D eigenvalue weighted by molar-refractivity contribution is 7.11. The van der Waals surface area contributed by atoms with Crippen LogP contribution in [0.2, 0.25) is 0 Å². The number of rotatable bonds is 7. The maximum absolute atomic E-state index is 5.87. The summed E-state index contributed by atoms with van der Waals surface area (Å²) in [6.45, 7) is 10.8. The lowest BCUT2D eigenvalue weighted by molar-refractivity contribution is -0.0705. The molecule has 1 fully saturated rings. The highest BCUT2D eigenvalue weighted by Crippen LogP contribution is 2.17. The molecule has 1 aliphatic rings. The largest absolute Gasteiger partial charge is 0.373 e. The predicted octanol–water partition coefficient (Wildman–Crippen LogP) is 3.18. The first kappa shape index (κ1) is 21.7. The van der Waals surface area contributed by atoms with E-state index in [9.17, 15) is 0 Å². The van der Waals surface area contributed by atoms with E-state index in [-0.39, 0.29) is 12.2 Å². The maximum Gasteiger partial charge on any atom is 0.191 e. The Bertz CT molecular complexity index is 796. The summed E-state index contributed by atoms with van der Waals surface area (Å²) in [5.41, 5.74) is 2.65. The van der Waals surface area contributed by atoms with E-state index in [2.05, 4.69) is 70.5 Å². The number of nitrogens with one attached hydrogen (secondary N) is 2. The summed E-state index contributed by atoms with van der Waals surface area (Å²) in [6, 6.07) is 8.63. The average molecular weight is 416 g/mol. The molecule has 1 aromatic carbocycles. The lowest BCUT2D eigenvalue weighted by Gasteiger charge is -2.35. The summed E-state index contributed by atoms with van der Waals surface area (Å²) >= 11 is 1.75. The van der Waals surface area contributed by atoms with Gasteiger partial charge in [-0.05, 0) is 31.4 Å². The summed E-state index contributed by atoms with van der Waals surface area (Å²) in [6.07, 6.45) is 3.56. The van der Waals surface area contributed by atoms with Crippen molar-refractivity contribution < 1.29 is 4.74 Å². The second-order valence-corrected chi connectivity index (χ2v) is 8.77. The summed E-state index contributed by atoms with van der Waals surface area (Å²) in [4.78, 5) is 12.6. The monoisotopic (exact) mass is 415 g/mol. The van der Waals surface area contributed by atoms with Crippen LogP contribution in [0.4, 0.5) is 0 Å². The molecule has 3 rings (SSSR count). The van der Waals surface area contributed by atoms with Crippen molar-refractivity contribution in [1.82, 2.24) is 20.5 Å². The highest BCUT2D eigenvalue weighted by Gasteiger charge is 2.22. The van der Waals surface area contributed by atoms with Crippen molar-refractivity contribution in [2.75, 3.05) is 20.1 Å². The van der Waals surface area contributed by atoms with Crippen LogP contribution in [0.1, 0.15) is 41.8 Å². The molecular formula is C22H33N5OS. The standard InChI is InChI=1S/C22H33N5OS/c1-5-20-11-24-21(29-20)12-26-22(23-4)25-10-18-8-6-7-9-19(18)15-27-13-16(2)28-17(3)14-27/h6-9,11,16-17H,5,10,12-15H2,1-4H3,(H2,23,25,26). The van der Waals surface area contributed by atoms with Gasteiger partial charge in [0.2, 0.25) is 0 Å². The number of hydrogen-bond acceptors (Lipinski definition) is 5. The summed E-state index contributed by atoms with van der Waals surface area (Å²) in [5.74, 6) is 0.793. The molecule has 0 aliphatic carbocycles. The molecular weight excluding hydrogens is 382 g/mol. The molecule has 0 radical (unpaired) electrons. The van der Waals surface area contributed by atoms with Crippen molar-refractivity contribution in [1.29, 1.82) is 0 Å². The number of benzene rings is 1. The second kappa shape index (κ2) is 10.7. The van der Waals surface area contributed by atoms with E-state index >= 15 is 0 Å². The molecule has 2 aromatic rings. The van der Waals surface area contributed by atoms with Gasteiger partial charge in [-0.1, -0.05) is 31.2 Å². The smallest absolute Gasteiger partial charge is 0.191 e. The Balaban J connectivity index is 1.55. The number of thiazole rings is 1. The minimum Gasteiger partial charge on any atom is -0.373 e. The Morgan fingerprint density at radius 2 is 1.86 bits per heavy atom. The van der Waals surface area contributed by atoms with Crippen molar-refractivity contribution >= 4 is 17.3 Å². The van der Waals surface area contributed by atoms with Gasteiger partial charge in [-0.3, -0.25) is 9.89 Å². The SMILES string of the molecule is CCc1cnc(CNC(=NC)NCc2ccccc2CN2CC(C)OC(C)C2)s1. The van der Waals surface area contributed by atoms with Gasteiger partial charge in [-0.25, -0.2) is 4.98 Å². The van der Waals surface area contributed by atoms with Crippen LogP contribution in [0.25, 0.3) is 0 Å². The Hall–Kier alpha value is -1.96. The zero-order valence-corrected chi connectivity index (χ0v) is 18.8. The van der Waals surface area contributed by atoms with E-state index in [1.165, 1.54) is 16.0 Å². The van der Waals surface area contributed by atoms with Gasteiger partial charge in [0.15, 0.2) is 5.96 Å². The van der Waals surface area contributed by atoms with E-state index in [0.29, 0.717) is 6.54 Å². The lowest BCUT2D eigenvalue weighted by atomic mass is 10.1. The lowest BCUT2D eigenvalue weighted by Crippen LogP contribution is -2.45. The first-order valence-corrected chi connectivity index (χ1v) is 11.2. The number of aryl methyl sites for hydroxylation is 1. The topological polar surface area (TPSA) is 61.8 Å². The van der Waals surface area contributed by atoms with Crippen LogP contribution >= 0.6 is 11.3 Å². The molecule has 2 atom stereocenters. The number of aromatic nitrogens is 1. The molecule has 2 unspecified atom stereocenters. The number of ether oxygens (including phenoxy) is 1. The van der Waals surface area contributed by atoms with Gasteiger partial charge in [0.05, 0.1) is 18.8 Å². The number of guanidine groups is 1. The number of nitrogens with zero attached hydrogens (tertiary/aromatic N) is 3. The molecule has 0 saturated carbocycles. The van der Waals surface area contributed by atoms with Gasteiger partial charge in [-0.2, -0.15) is 0 Å². The third-order valence-corrected chi connectivity index (χ3v) is 6.18. The van der Waals surface area contributed by atoms with Gasteiger partial charge < -0.3 is 15.4 Å². The van der Waals surface area contributed by atoms with E-state index in [4.69, 9.17) is 4.74 Å². The minimum absolute atomic E-state index is 0.283. The van der Waals surface area contributed by atoms with Crippen molar-refractivity contribution in [2.45, 2.75) is 59.0 Å². The fourth-order valence-corrected chi connectivity index (χ4v) is 4.49. The Morgan fingerprint density at radius 1 is 1.17 bits per heavy atom. The molecule has 0 bridgehead atoms. The summed E-state index contributed by atoms with van der Waals surface area (Å²) in [5, 5.41) is 7.89. The van der Waals surface area contributed by atoms with Crippen LogP contribution in [-0.2, 0) is 30.8 Å². The fraction of sp³-hybridized carbons (Fsp3) is 0.545. The average Bonchev–Trinajstić information content (AvgIpc) is 3.16. The molecule has 2 N–H and O–H groups in total. The van der Waals surface area contributed by atoms with E-state index < -0.39 is 0 Å². The van der Waals surface area contributed by atoms with Crippen molar-refractivity contribution in [2.24, 2.45) is 4.99 Å². The van der Waals surface area contributed by atoms with Gasteiger partial charge in [-0.15, -0.1) is 11.3 Å². The fourth-order valence-electron chi connectivity index (χ4n) is 3.69. The van der Waals surface area contributed by atoms with Crippen LogP contribution in [0.5, 0.6) is 0 Å². The van der Waals surface area contributed by atoms with Gasteiger partial charge in [0, 0.05) is 44.3 Å². The summed E-state index contributed by atoms with van der Waals surface area (Å²) < 4.78 is 5.87. The maximum atomic E-state index is 5.87. The first-order valence-electron chi connectivity index (χ1n) is 10.4. The van der Waals surface area contributed by atoms with Crippen molar-refractivity contribution in [3.05, 3.63) is 51.5 Å². The van der Waals surface area contributed by atoms with Crippen molar-refractivity contribution in [3.63, 3.8) is 0 Å². The number of aliphatic imine (C=N–C) groups is 1. The van der Waals surface area contributed by atoms with E-state index in [1.807, 2.05) is 6.20 Å².